The van der Waals surface area contributed by atoms with Crippen LogP contribution >= 0.6 is 0 Å². The molecule has 1 heterocycles. The molecule has 0 radical (unpaired) electrons. The van der Waals surface area contributed by atoms with Crippen LogP contribution in [0.4, 0.5) is 0 Å². The Morgan fingerprint density at radius 2 is 2.10 bits per heavy atom. The van der Waals surface area contributed by atoms with E-state index < -0.39 is 0 Å². The van der Waals surface area contributed by atoms with Gasteiger partial charge in [-0.15, -0.1) is 0 Å². The van der Waals surface area contributed by atoms with Crippen LogP contribution in [0.1, 0.15) is 24.9 Å². The molecule has 1 N–H and O–H groups in total. The second-order valence-electron chi connectivity index (χ2n) is 5.01. The molecule has 0 spiro atoms. The number of nitrogens with zero attached hydrogens (tertiary/aromatic N) is 2. The summed E-state index contributed by atoms with van der Waals surface area (Å²) in [6.07, 6.45) is 0.483. The van der Waals surface area contributed by atoms with Crippen molar-refractivity contribution in [3.8, 4) is 17.6 Å². The number of methoxy groups -OCH3 is 1. The van der Waals surface area contributed by atoms with E-state index in [-0.39, 0.29) is 6.04 Å². The first-order valence-electron chi connectivity index (χ1n) is 7.42. The van der Waals surface area contributed by atoms with Crippen molar-refractivity contribution in [1.82, 2.24) is 10.2 Å². The van der Waals surface area contributed by atoms with E-state index in [1.165, 1.54) is 0 Å². The average molecular weight is 289 g/mol. The highest BCUT2D eigenvalue weighted by Gasteiger charge is 2.23. The lowest BCUT2D eigenvalue weighted by Gasteiger charge is -2.34. The van der Waals surface area contributed by atoms with Gasteiger partial charge in [-0.3, -0.25) is 4.90 Å². The van der Waals surface area contributed by atoms with Gasteiger partial charge in [0.05, 0.1) is 26.2 Å². The van der Waals surface area contributed by atoms with E-state index in [1.807, 2.05) is 25.1 Å². The molecule has 0 amide bonds. The smallest absolute Gasteiger partial charge is 0.161 e. The highest BCUT2D eigenvalue weighted by Crippen LogP contribution is 2.33. The Bertz CT molecular complexity index is 493. The molecule has 0 saturated carbocycles. The highest BCUT2D eigenvalue weighted by molar-refractivity contribution is 5.44. The van der Waals surface area contributed by atoms with Gasteiger partial charge in [-0.25, -0.2) is 0 Å². The average Bonchev–Trinajstić information content (AvgIpc) is 2.54. The maximum Gasteiger partial charge on any atom is 0.161 e. The zero-order valence-corrected chi connectivity index (χ0v) is 12.8. The predicted molar refractivity (Wildman–Crippen MR) is 81.6 cm³/mol. The molecule has 21 heavy (non-hydrogen) atoms. The zero-order valence-electron chi connectivity index (χ0n) is 12.8. The Labute approximate surface area is 126 Å². The zero-order chi connectivity index (χ0) is 15.1. The molecule has 1 aliphatic heterocycles. The molecule has 0 unspecified atom stereocenters. The molecule has 1 atom stereocenters. The summed E-state index contributed by atoms with van der Waals surface area (Å²) >= 11 is 0. The molecule has 0 aliphatic carbocycles. The summed E-state index contributed by atoms with van der Waals surface area (Å²) in [6.45, 7) is 6.41. The maximum atomic E-state index is 9.15. The van der Waals surface area contributed by atoms with Crippen LogP contribution in [0.2, 0.25) is 0 Å². The lowest BCUT2D eigenvalue weighted by molar-refractivity contribution is 0.175. The molecular formula is C16H23N3O2. The fourth-order valence-electron chi connectivity index (χ4n) is 2.70. The minimum Gasteiger partial charge on any atom is -0.493 e. The van der Waals surface area contributed by atoms with Crippen molar-refractivity contribution in [2.75, 3.05) is 39.9 Å². The van der Waals surface area contributed by atoms with Crippen molar-refractivity contribution in [3.05, 3.63) is 23.8 Å². The first kappa shape index (κ1) is 15.6. The number of benzene rings is 1. The van der Waals surface area contributed by atoms with Crippen molar-refractivity contribution in [2.24, 2.45) is 0 Å². The molecule has 114 valence electrons. The molecule has 1 saturated heterocycles. The van der Waals surface area contributed by atoms with Gasteiger partial charge in [-0.1, -0.05) is 6.07 Å². The van der Waals surface area contributed by atoms with Gasteiger partial charge < -0.3 is 14.8 Å². The number of hydrogen-bond donors (Lipinski definition) is 1. The third-order valence-electron chi connectivity index (χ3n) is 3.75. The monoisotopic (exact) mass is 289 g/mol. The molecule has 5 nitrogen and oxygen atoms in total. The van der Waals surface area contributed by atoms with Gasteiger partial charge in [0, 0.05) is 32.2 Å². The standard InChI is InChI=1S/C16H23N3O2/c1-3-21-15-5-4-13(12-16(15)20-2)14(6-7-17)19-10-8-18-9-11-19/h4-5,12,14,18H,3,6,8-11H2,1-2H3/t14-/m0/s1. The minimum atomic E-state index is 0.113. The van der Waals surface area contributed by atoms with Crippen molar-refractivity contribution in [2.45, 2.75) is 19.4 Å². The largest absolute Gasteiger partial charge is 0.493 e. The third kappa shape index (κ3) is 3.87. The van der Waals surface area contributed by atoms with Gasteiger partial charge in [0.25, 0.3) is 0 Å². The van der Waals surface area contributed by atoms with Crippen LogP contribution in [0.5, 0.6) is 11.5 Å². The second-order valence-corrected chi connectivity index (χ2v) is 5.01. The molecule has 1 aromatic carbocycles. The van der Waals surface area contributed by atoms with Crippen LogP contribution < -0.4 is 14.8 Å². The van der Waals surface area contributed by atoms with E-state index in [9.17, 15) is 0 Å². The molecular weight excluding hydrogens is 266 g/mol. The summed E-state index contributed by atoms with van der Waals surface area (Å²) in [7, 11) is 1.64. The van der Waals surface area contributed by atoms with Gasteiger partial charge in [0.15, 0.2) is 11.5 Å². The molecule has 0 aromatic heterocycles. The van der Waals surface area contributed by atoms with Crippen LogP contribution in [-0.4, -0.2) is 44.8 Å². The Hall–Kier alpha value is -1.77. The number of nitrogens with one attached hydrogen (secondary N) is 1. The Kier molecular flexibility index (Phi) is 5.85. The first-order valence-corrected chi connectivity index (χ1v) is 7.42. The summed E-state index contributed by atoms with van der Waals surface area (Å²) in [5.74, 6) is 1.48. The topological polar surface area (TPSA) is 57.5 Å². The van der Waals surface area contributed by atoms with E-state index in [0.717, 1.165) is 43.2 Å². The normalized spacial score (nSPS) is 17.0. The van der Waals surface area contributed by atoms with E-state index in [1.54, 1.807) is 7.11 Å². The van der Waals surface area contributed by atoms with Crippen molar-refractivity contribution >= 4 is 0 Å². The highest BCUT2D eigenvalue weighted by atomic mass is 16.5. The number of nitriles is 1. The molecule has 1 aromatic rings. The van der Waals surface area contributed by atoms with Gasteiger partial charge in [0.1, 0.15) is 0 Å². The third-order valence-corrected chi connectivity index (χ3v) is 3.75. The minimum absolute atomic E-state index is 0.113. The Balaban J connectivity index is 2.25. The summed E-state index contributed by atoms with van der Waals surface area (Å²) in [6, 6.07) is 8.39. The number of piperazine rings is 1. The summed E-state index contributed by atoms with van der Waals surface area (Å²) in [5, 5.41) is 12.5. The second kappa shape index (κ2) is 7.87. The van der Waals surface area contributed by atoms with Gasteiger partial charge in [0.2, 0.25) is 0 Å². The van der Waals surface area contributed by atoms with E-state index in [4.69, 9.17) is 14.7 Å². The summed E-state index contributed by atoms with van der Waals surface area (Å²) < 4.78 is 11.0. The van der Waals surface area contributed by atoms with E-state index in [0.29, 0.717) is 13.0 Å². The number of ether oxygens (including phenoxy) is 2. The Morgan fingerprint density at radius 3 is 2.71 bits per heavy atom. The van der Waals surface area contributed by atoms with Gasteiger partial charge >= 0.3 is 0 Å². The van der Waals surface area contributed by atoms with Crippen LogP contribution in [-0.2, 0) is 0 Å². The van der Waals surface area contributed by atoms with Crippen LogP contribution in [0.3, 0.4) is 0 Å². The van der Waals surface area contributed by atoms with E-state index >= 15 is 0 Å². The van der Waals surface area contributed by atoms with Crippen molar-refractivity contribution < 1.29 is 9.47 Å². The summed E-state index contributed by atoms with van der Waals surface area (Å²) in [4.78, 5) is 2.36. The van der Waals surface area contributed by atoms with Crippen molar-refractivity contribution in [3.63, 3.8) is 0 Å². The number of hydrogen-bond acceptors (Lipinski definition) is 5. The lowest BCUT2D eigenvalue weighted by atomic mass is 10.0. The predicted octanol–water partition coefficient (Wildman–Crippen LogP) is 1.95. The molecule has 5 heteroatoms. The first-order chi connectivity index (χ1) is 10.3. The Morgan fingerprint density at radius 1 is 1.33 bits per heavy atom. The SMILES string of the molecule is CCOc1ccc([C@H](CC#N)N2CCNCC2)cc1OC. The molecule has 1 fully saturated rings. The fraction of sp³-hybridized carbons (Fsp3) is 0.562. The fourth-order valence-corrected chi connectivity index (χ4v) is 2.70. The quantitative estimate of drug-likeness (QED) is 0.867. The molecule has 1 aliphatic rings. The van der Waals surface area contributed by atoms with Crippen LogP contribution in [0, 0.1) is 11.3 Å². The van der Waals surface area contributed by atoms with Gasteiger partial charge in [-0.2, -0.15) is 5.26 Å². The lowest BCUT2D eigenvalue weighted by Crippen LogP contribution is -2.45. The van der Waals surface area contributed by atoms with E-state index in [2.05, 4.69) is 16.3 Å². The van der Waals surface area contributed by atoms with Crippen molar-refractivity contribution in [1.29, 1.82) is 5.26 Å². The molecule has 2 rings (SSSR count). The summed E-state index contributed by atoms with van der Waals surface area (Å²) in [5.41, 5.74) is 1.11. The molecule has 0 bridgehead atoms. The van der Waals surface area contributed by atoms with Gasteiger partial charge in [-0.05, 0) is 24.6 Å². The van der Waals surface area contributed by atoms with Crippen LogP contribution in [0.15, 0.2) is 18.2 Å². The number of rotatable bonds is 6. The van der Waals surface area contributed by atoms with Crippen LogP contribution in [0.25, 0.3) is 0 Å². The maximum absolute atomic E-state index is 9.15.